The third kappa shape index (κ3) is 5.91. The van der Waals surface area contributed by atoms with Crippen LogP contribution in [-0.2, 0) is 4.79 Å². The molecule has 2 nitrogen and oxygen atoms in total. The second-order valence-corrected chi connectivity index (χ2v) is 6.07. The minimum absolute atomic E-state index is 0.0299. The van der Waals surface area contributed by atoms with E-state index in [-0.39, 0.29) is 5.91 Å². The van der Waals surface area contributed by atoms with Gasteiger partial charge in [-0.15, -0.1) is 11.8 Å². The van der Waals surface area contributed by atoms with Gasteiger partial charge in [-0.3, -0.25) is 4.79 Å². The summed E-state index contributed by atoms with van der Waals surface area (Å²) in [5, 5.41) is 3.84. The van der Waals surface area contributed by atoms with Crippen LogP contribution in [0.4, 0.5) is 5.69 Å². The van der Waals surface area contributed by atoms with Gasteiger partial charge in [-0.2, -0.15) is 0 Å². The SMILES string of the molecule is CCCC(CBr)CSc1ccc(NC(C)=O)cc1. The van der Waals surface area contributed by atoms with Gasteiger partial charge in [0.25, 0.3) is 0 Å². The molecule has 1 aromatic rings. The summed E-state index contributed by atoms with van der Waals surface area (Å²) in [5.74, 6) is 1.84. The maximum absolute atomic E-state index is 10.9. The second kappa shape index (κ2) is 8.59. The zero-order chi connectivity index (χ0) is 13.4. The molecular weight excluding hydrogens is 310 g/mol. The zero-order valence-corrected chi connectivity index (χ0v) is 13.3. The molecule has 0 heterocycles. The molecule has 0 aromatic heterocycles. The first-order chi connectivity index (χ1) is 8.65. The highest BCUT2D eigenvalue weighted by molar-refractivity contribution is 9.09. The lowest BCUT2D eigenvalue weighted by molar-refractivity contribution is -0.114. The van der Waals surface area contributed by atoms with Crippen LogP contribution in [-0.4, -0.2) is 17.0 Å². The highest BCUT2D eigenvalue weighted by Crippen LogP contribution is 2.25. The lowest BCUT2D eigenvalue weighted by Crippen LogP contribution is -2.05. The van der Waals surface area contributed by atoms with Gasteiger partial charge in [-0.25, -0.2) is 0 Å². The lowest BCUT2D eigenvalue weighted by Gasteiger charge is -2.12. The van der Waals surface area contributed by atoms with E-state index in [1.807, 2.05) is 23.9 Å². The fourth-order valence-electron chi connectivity index (χ4n) is 1.67. The summed E-state index contributed by atoms with van der Waals surface area (Å²) in [4.78, 5) is 12.2. The molecule has 1 amide bonds. The van der Waals surface area contributed by atoms with E-state index in [9.17, 15) is 4.79 Å². The van der Waals surface area contributed by atoms with Gasteiger partial charge in [-0.05, 0) is 36.6 Å². The summed E-state index contributed by atoms with van der Waals surface area (Å²) in [6.45, 7) is 3.75. The molecule has 1 rings (SSSR count). The maximum Gasteiger partial charge on any atom is 0.221 e. The van der Waals surface area contributed by atoms with Crippen molar-refractivity contribution in [2.75, 3.05) is 16.4 Å². The highest BCUT2D eigenvalue weighted by Gasteiger charge is 2.06. The smallest absolute Gasteiger partial charge is 0.221 e. The first kappa shape index (κ1) is 15.6. The van der Waals surface area contributed by atoms with E-state index in [0.717, 1.165) is 22.7 Å². The Balaban J connectivity index is 2.45. The minimum atomic E-state index is -0.0299. The van der Waals surface area contributed by atoms with Crippen molar-refractivity contribution in [2.45, 2.75) is 31.6 Å². The van der Waals surface area contributed by atoms with Gasteiger partial charge in [0.15, 0.2) is 0 Å². The molecule has 1 atom stereocenters. The van der Waals surface area contributed by atoms with Crippen molar-refractivity contribution < 1.29 is 4.79 Å². The standard InChI is InChI=1S/C14H20BrNOS/c1-3-4-12(9-15)10-18-14-7-5-13(6-8-14)16-11(2)17/h5-8,12H,3-4,9-10H2,1-2H3,(H,16,17). The molecule has 0 fully saturated rings. The average molecular weight is 330 g/mol. The molecule has 0 aliphatic rings. The van der Waals surface area contributed by atoms with Gasteiger partial charge < -0.3 is 5.32 Å². The van der Waals surface area contributed by atoms with E-state index in [4.69, 9.17) is 0 Å². The zero-order valence-electron chi connectivity index (χ0n) is 10.9. The summed E-state index contributed by atoms with van der Waals surface area (Å²) < 4.78 is 0. The molecule has 0 aliphatic heterocycles. The number of rotatable bonds is 7. The van der Waals surface area contributed by atoms with Crippen molar-refractivity contribution in [2.24, 2.45) is 5.92 Å². The number of alkyl halides is 1. The summed E-state index contributed by atoms with van der Waals surface area (Å²) in [6, 6.07) is 8.03. The molecule has 0 saturated heterocycles. The summed E-state index contributed by atoms with van der Waals surface area (Å²) in [6.07, 6.45) is 2.50. The van der Waals surface area contributed by atoms with Crippen LogP contribution < -0.4 is 5.32 Å². The molecule has 100 valence electrons. The fraction of sp³-hybridized carbons (Fsp3) is 0.500. The van der Waals surface area contributed by atoms with E-state index in [0.29, 0.717) is 0 Å². The van der Waals surface area contributed by atoms with Crippen molar-refractivity contribution >= 4 is 39.3 Å². The molecule has 4 heteroatoms. The third-order valence-corrected chi connectivity index (χ3v) is 4.73. The molecule has 0 spiro atoms. The molecule has 1 N–H and O–H groups in total. The van der Waals surface area contributed by atoms with E-state index in [2.05, 4.69) is 40.3 Å². The number of hydrogen-bond donors (Lipinski definition) is 1. The normalized spacial score (nSPS) is 12.2. The summed E-state index contributed by atoms with van der Waals surface area (Å²) in [5.41, 5.74) is 0.859. The highest BCUT2D eigenvalue weighted by atomic mass is 79.9. The van der Waals surface area contributed by atoms with Crippen LogP contribution in [0, 0.1) is 5.92 Å². The van der Waals surface area contributed by atoms with Crippen molar-refractivity contribution in [3.63, 3.8) is 0 Å². The number of halogens is 1. The van der Waals surface area contributed by atoms with Gasteiger partial charge in [0.05, 0.1) is 0 Å². The van der Waals surface area contributed by atoms with Crippen molar-refractivity contribution in [3.05, 3.63) is 24.3 Å². The number of carbonyl (C=O) groups is 1. The Hall–Kier alpha value is -0.480. The minimum Gasteiger partial charge on any atom is -0.326 e. The molecule has 1 aromatic carbocycles. The lowest BCUT2D eigenvalue weighted by atomic mass is 10.1. The number of nitrogens with one attached hydrogen (secondary N) is 1. The van der Waals surface area contributed by atoms with E-state index < -0.39 is 0 Å². The molecule has 1 unspecified atom stereocenters. The predicted molar refractivity (Wildman–Crippen MR) is 83.7 cm³/mol. The topological polar surface area (TPSA) is 29.1 Å². The Morgan fingerprint density at radius 1 is 1.39 bits per heavy atom. The van der Waals surface area contributed by atoms with E-state index in [1.54, 1.807) is 0 Å². The van der Waals surface area contributed by atoms with Crippen LogP contribution in [0.5, 0.6) is 0 Å². The van der Waals surface area contributed by atoms with Crippen molar-refractivity contribution in [1.82, 2.24) is 0 Å². The number of hydrogen-bond acceptors (Lipinski definition) is 2. The first-order valence-electron chi connectivity index (χ1n) is 6.22. The Kier molecular flexibility index (Phi) is 7.44. The van der Waals surface area contributed by atoms with Gasteiger partial charge in [-0.1, -0.05) is 29.3 Å². The Bertz CT molecular complexity index is 367. The number of carbonyl (C=O) groups excluding carboxylic acids is 1. The third-order valence-electron chi connectivity index (χ3n) is 2.58. The molecule has 0 bridgehead atoms. The van der Waals surface area contributed by atoms with Crippen LogP contribution in [0.3, 0.4) is 0 Å². The molecular formula is C14H20BrNOS. The van der Waals surface area contributed by atoms with Crippen LogP contribution in [0.15, 0.2) is 29.2 Å². The predicted octanol–water partition coefficient (Wildman–Crippen LogP) is 4.55. The van der Waals surface area contributed by atoms with Crippen LogP contribution in [0.2, 0.25) is 0 Å². The van der Waals surface area contributed by atoms with Gasteiger partial charge in [0.1, 0.15) is 0 Å². The van der Waals surface area contributed by atoms with Crippen LogP contribution in [0.1, 0.15) is 26.7 Å². The first-order valence-corrected chi connectivity index (χ1v) is 8.32. The molecule has 0 radical (unpaired) electrons. The number of thioether (sulfide) groups is 1. The number of anilines is 1. The monoisotopic (exact) mass is 329 g/mol. The second-order valence-electron chi connectivity index (χ2n) is 4.33. The van der Waals surface area contributed by atoms with Gasteiger partial charge in [0, 0.05) is 28.6 Å². The fourth-order valence-corrected chi connectivity index (χ4v) is 3.56. The average Bonchev–Trinajstić information content (AvgIpc) is 2.35. The Morgan fingerprint density at radius 2 is 2.06 bits per heavy atom. The Labute approximate surface area is 122 Å². The van der Waals surface area contributed by atoms with Crippen molar-refractivity contribution in [1.29, 1.82) is 0 Å². The number of benzene rings is 1. The molecule has 0 saturated carbocycles. The maximum atomic E-state index is 10.9. The Morgan fingerprint density at radius 3 is 2.56 bits per heavy atom. The van der Waals surface area contributed by atoms with E-state index in [1.165, 1.54) is 24.7 Å². The quantitative estimate of drug-likeness (QED) is 0.587. The van der Waals surface area contributed by atoms with Crippen LogP contribution in [0.25, 0.3) is 0 Å². The van der Waals surface area contributed by atoms with E-state index >= 15 is 0 Å². The molecule has 18 heavy (non-hydrogen) atoms. The largest absolute Gasteiger partial charge is 0.326 e. The van der Waals surface area contributed by atoms with Gasteiger partial charge >= 0.3 is 0 Å². The van der Waals surface area contributed by atoms with Crippen LogP contribution >= 0.6 is 27.7 Å². The summed E-state index contributed by atoms with van der Waals surface area (Å²) in [7, 11) is 0. The van der Waals surface area contributed by atoms with Crippen molar-refractivity contribution in [3.8, 4) is 0 Å². The summed E-state index contributed by atoms with van der Waals surface area (Å²) >= 11 is 5.45. The number of amides is 1. The van der Waals surface area contributed by atoms with Gasteiger partial charge in [0.2, 0.25) is 5.91 Å². The molecule has 0 aliphatic carbocycles.